The van der Waals surface area contributed by atoms with E-state index in [0.717, 1.165) is 0 Å². The van der Waals surface area contributed by atoms with Crippen molar-refractivity contribution >= 4 is 22.1 Å². The molecule has 4 aliphatic carbocycles. The first-order chi connectivity index (χ1) is 12.9. The second kappa shape index (κ2) is 5.41. The van der Waals surface area contributed by atoms with Gasteiger partial charge in [0.2, 0.25) is 6.29 Å². The first-order valence-corrected chi connectivity index (χ1v) is 10.5. The highest BCUT2D eigenvalue weighted by Crippen LogP contribution is 2.65. The molecule has 2 saturated heterocycles. The molecule has 2 aliphatic heterocycles. The molecule has 1 spiro atoms. The molecule has 28 heavy (non-hydrogen) atoms. The van der Waals surface area contributed by atoms with E-state index in [4.69, 9.17) is 23.5 Å². The minimum Gasteiger partial charge on any atom is -0.454 e. The van der Waals surface area contributed by atoms with Gasteiger partial charge in [0, 0.05) is 11.8 Å². The number of carbonyl (C=O) groups excluding carboxylic acids is 2. The smallest absolute Gasteiger partial charge is 0.454 e. The molecular weight excluding hydrogens is 406 g/mol. The zero-order valence-electron chi connectivity index (χ0n) is 14.5. The maximum absolute atomic E-state index is 13.7. The summed E-state index contributed by atoms with van der Waals surface area (Å²) in [6, 6.07) is 0. The quantitative estimate of drug-likeness (QED) is 0.521. The summed E-state index contributed by atoms with van der Waals surface area (Å²) >= 11 is 0. The number of esters is 2. The van der Waals surface area contributed by atoms with Crippen LogP contribution in [-0.4, -0.2) is 53.9 Å². The van der Waals surface area contributed by atoms with Crippen LogP contribution in [0.1, 0.15) is 38.5 Å². The van der Waals surface area contributed by atoms with Gasteiger partial charge in [-0.25, -0.2) is 4.79 Å². The Morgan fingerprint density at radius 3 is 2.39 bits per heavy atom. The van der Waals surface area contributed by atoms with Crippen molar-refractivity contribution in [2.45, 2.75) is 67.6 Å². The topological polar surface area (TPSA) is 125 Å². The molecule has 6 aliphatic rings. The minimum absolute atomic E-state index is 0.0794. The van der Waals surface area contributed by atoms with Gasteiger partial charge >= 0.3 is 27.3 Å². The van der Waals surface area contributed by atoms with Gasteiger partial charge < -0.3 is 18.9 Å². The number of fused-ring (bicyclic) bond motifs is 1. The van der Waals surface area contributed by atoms with E-state index >= 15 is 0 Å². The second-order valence-corrected chi connectivity index (χ2v) is 9.93. The van der Waals surface area contributed by atoms with Gasteiger partial charge in [-0.2, -0.15) is 17.2 Å². The van der Waals surface area contributed by atoms with E-state index in [1.54, 1.807) is 0 Å². The van der Waals surface area contributed by atoms with E-state index in [9.17, 15) is 26.8 Å². The summed E-state index contributed by atoms with van der Waals surface area (Å²) in [5.41, 5.74) is -1.26. The van der Waals surface area contributed by atoms with Crippen molar-refractivity contribution in [3.05, 3.63) is 0 Å². The van der Waals surface area contributed by atoms with E-state index in [1.807, 2.05) is 0 Å². The van der Waals surface area contributed by atoms with Gasteiger partial charge in [0.05, 0.1) is 6.42 Å². The molecular formula is C16H18F2O9S. The van der Waals surface area contributed by atoms with Crippen LogP contribution < -0.4 is 0 Å². The maximum Gasteiger partial charge on any atom is 0.465 e. The Labute approximate surface area is 158 Å². The lowest BCUT2D eigenvalue weighted by molar-refractivity contribution is -0.335. The lowest BCUT2D eigenvalue weighted by atomic mass is 9.51. The lowest BCUT2D eigenvalue weighted by Crippen LogP contribution is -2.66. The standard InChI is InChI=1S/C16H18F2O9S/c17-16(18,28(21,22)23)13(20)27-14-4-7-1-8(5-14)15(9(2-7)6-14)25-10-3-11(19)24-12(10)26-15/h7-10,12H,1-6H2,(H,21,22,23)/t7?,8-,9?,10?,12?,14?,15?/m0/s1. The summed E-state index contributed by atoms with van der Waals surface area (Å²) < 4.78 is 80.0. The third-order valence-electron chi connectivity index (χ3n) is 6.70. The number of alkyl halides is 2. The zero-order chi connectivity index (χ0) is 20.1. The first kappa shape index (κ1) is 18.6. The lowest BCUT2D eigenvalue weighted by Gasteiger charge is -2.62. The Morgan fingerprint density at radius 2 is 1.82 bits per heavy atom. The summed E-state index contributed by atoms with van der Waals surface area (Å²) in [6.45, 7) is 0. The van der Waals surface area contributed by atoms with Gasteiger partial charge in [-0.05, 0) is 38.0 Å². The summed E-state index contributed by atoms with van der Waals surface area (Å²) in [5.74, 6) is -4.15. The Hall–Kier alpha value is -1.37. The fraction of sp³-hybridized carbons (Fsp3) is 0.875. The van der Waals surface area contributed by atoms with E-state index in [1.165, 1.54) is 0 Å². The fourth-order valence-electron chi connectivity index (χ4n) is 5.88. The number of ether oxygens (including phenoxy) is 4. The van der Waals surface area contributed by atoms with Crippen LogP contribution in [0, 0.1) is 17.8 Å². The molecule has 0 aromatic carbocycles. The molecule has 2 heterocycles. The Kier molecular flexibility index (Phi) is 3.60. The monoisotopic (exact) mass is 424 g/mol. The molecule has 7 atom stereocenters. The van der Waals surface area contributed by atoms with Gasteiger partial charge in [0.15, 0.2) is 5.79 Å². The number of hydrogen-bond acceptors (Lipinski definition) is 8. The van der Waals surface area contributed by atoms with Crippen LogP contribution >= 0.6 is 0 Å². The van der Waals surface area contributed by atoms with E-state index in [-0.39, 0.29) is 37.0 Å². The molecule has 6 unspecified atom stereocenters. The maximum atomic E-state index is 13.7. The molecule has 1 N–H and O–H groups in total. The summed E-state index contributed by atoms with van der Waals surface area (Å²) in [5, 5.41) is -5.03. The van der Waals surface area contributed by atoms with Crippen molar-refractivity contribution in [2.24, 2.45) is 17.8 Å². The van der Waals surface area contributed by atoms with Crippen LogP contribution in [0.25, 0.3) is 0 Å². The summed E-state index contributed by atoms with van der Waals surface area (Å²) in [6.07, 6.45) is 0.790. The van der Waals surface area contributed by atoms with Crippen LogP contribution in [0.15, 0.2) is 0 Å². The molecule has 6 rings (SSSR count). The van der Waals surface area contributed by atoms with Crippen LogP contribution in [-0.2, 0) is 38.7 Å². The van der Waals surface area contributed by atoms with Gasteiger partial charge in [0.1, 0.15) is 11.7 Å². The second-order valence-electron chi connectivity index (χ2n) is 8.47. The van der Waals surface area contributed by atoms with Gasteiger partial charge in [-0.3, -0.25) is 9.35 Å². The molecule has 4 saturated carbocycles. The molecule has 9 nitrogen and oxygen atoms in total. The highest BCUT2D eigenvalue weighted by atomic mass is 32.2. The number of halogens is 2. The molecule has 6 fully saturated rings. The molecule has 0 aromatic heterocycles. The third-order valence-corrected chi connectivity index (χ3v) is 7.51. The van der Waals surface area contributed by atoms with Crippen molar-refractivity contribution < 1.29 is 50.3 Å². The van der Waals surface area contributed by atoms with E-state index in [0.29, 0.717) is 19.3 Å². The number of hydrogen-bond donors (Lipinski definition) is 1. The molecule has 156 valence electrons. The van der Waals surface area contributed by atoms with E-state index in [2.05, 4.69) is 0 Å². The Morgan fingerprint density at radius 1 is 1.18 bits per heavy atom. The average molecular weight is 424 g/mol. The molecule has 0 radical (unpaired) electrons. The van der Waals surface area contributed by atoms with Crippen molar-refractivity contribution in [3.8, 4) is 0 Å². The molecule has 4 bridgehead atoms. The van der Waals surface area contributed by atoms with Crippen molar-refractivity contribution in [1.29, 1.82) is 0 Å². The number of rotatable bonds is 3. The van der Waals surface area contributed by atoms with Crippen molar-refractivity contribution in [2.75, 3.05) is 0 Å². The molecule has 12 heteroatoms. The van der Waals surface area contributed by atoms with Crippen molar-refractivity contribution in [3.63, 3.8) is 0 Å². The molecule has 0 aromatic rings. The van der Waals surface area contributed by atoms with Crippen LogP contribution in [0.4, 0.5) is 8.78 Å². The van der Waals surface area contributed by atoms with Crippen molar-refractivity contribution in [1.82, 2.24) is 0 Å². The third kappa shape index (κ3) is 2.40. The number of carbonyl (C=O) groups is 2. The summed E-state index contributed by atoms with van der Waals surface area (Å²) in [4.78, 5) is 23.3. The predicted octanol–water partition coefficient (Wildman–Crippen LogP) is 0.974. The van der Waals surface area contributed by atoms with Crippen LogP contribution in [0.2, 0.25) is 0 Å². The largest absolute Gasteiger partial charge is 0.465 e. The Bertz CT molecular complexity index is 822. The highest BCUT2D eigenvalue weighted by molar-refractivity contribution is 7.87. The fourth-order valence-corrected chi connectivity index (χ4v) is 6.14. The first-order valence-electron chi connectivity index (χ1n) is 9.07. The summed E-state index contributed by atoms with van der Waals surface area (Å²) in [7, 11) is -5.93. The van der Waals surface area contributed by atoms with Crippen LogP contribution in [0.5, 0.6) is 0 Å². The SMILES string of the molecule is O=C1CC2OC3(OC2O1)C1CC2C[C@H]3CC(OC(=O)C(F)(F)S(=O)(=O)O)(C2)C1. The minimum atomic E-state index is -5.93. The Balaban J connectivity index is 1.39. The van der Waals surface area contributed by atoms with Gasteiger partial charge in [-0.1, -0.05) is 0 Å². The van der Waals surface area contributed by atoms with Crippen LogP contribution in [0.3, 0.4) is 0 Å². The average Bonchev–Trinajstić information content (AvgIpc) is 3.05. The highest BCUT2D eigenvalue weighted by Gasteiger charge is 2.71. The van der Waals surface area contributed by atoms with E-state index < -0.39 is 51.1 Å². The molecule has 0 amide bonds. The van der Waals surface area contributed by atoms with Gasteiger partial charge in [0.25, 0.3) is 0 Å². The normalized spacial score (nSPS) is 46.7. The predicted molar refractivity (Wildman–Crippen MR) is 82.1 cm³/mol. The van der Waals surface area contributed by atoms with Gasteiger partial charge in [-0.15, -0.1) is 0 Å². The zero-order valence-corrected chi connectivity index (χ0v) is 15.3.